The van der Waals surface area contributed by atoms with E-state index in [0.29, 0.717) is 0 Å². The molecule has 2 amide bonds. The summed E-state index contributed by atoms with van der Waals surface area (Å²) in [6.07, 6.45) is 1.87. The average Bonchev–Trinajstić information content (AvgIpc) is 2.96. The lowest BCUT2D eigenvalue weighted by molar-refractivity contribution is 0.208. The Bertz CT molecular complexity index is 744. The van der Waals surface area contributed by atoms with Crippen molar-refractivity contribution in [3.63, 3.8) is 0 Å². The second kappa shape index (κ2) is 7.17. The van der Waals surface area contributed by atoms with Crippen LogP contribution in [0.4, 0.5) is 16.2 Å². The lowest BCUT2D eigenvalue weighted by Gasteiger charge is -2.36. The van der Waals surface area contributed by atoms with E-state index in [1.807, 2.05) is 18.1 Å². The number of aromatic nitrogens is 2. The second-order valence-electron chi connectivity index (χ2n) is 6.95. The van der Waals surface area contributed by atoms with E-state index in [0.717, 1.165) is 37.6 Å². The van der Waals surface area contributed by atoms with Gasteiger partial charge >= 0.3 is 6.03 Å². The zero-order chi connectivity index (χ0) is 18.0. The van der Waals surface area contributed by atoms with Crippen LogP contribution in [0.3, 0.4) is 0 Å². The maximum Gasteiger partial charge on any atom is 0.322 e. The van der Waals surface area contributed by atoms with Crippen LogP contribution in [0.15, 0.2) is 30.5 Å². The first kappa shape index (κ1) is 17.3. The normalized spacial score (nSPS) is 14.9. The van der Waals surface area contributed by atoms with Gasteiger partial charge in [-0.15, -0.1) is 0 Å². The summed E-state index contributed by atoms with van der Waals surface area (Å²) >= 11 is 0. The number of urea groups is 1. The minimum atomic E-state index is -0.0423. The lowest BCUT2D eigenvalue weighted by Crippen LogP contribution is -2.50. The minimum Gasteiger partial charge on any atom is -0.368 e. The molecule has 1 saturated heterocycles. The summed E-state index contributed by atoms with van der Waals surface area (Å²) in [4.78, 5) is 16.9. The molecule has 2 heterocycles. The van der Waals surface area contributed by atoms with Crippen LogP contribution in [0, 0.1) is 6.92 Å². The van der Waals surface area contributed by atoms with Gasteiger partial charge in [0.05, 0.1) is 11.4 Å². The van der Waals surface area contributed by atoms with Crippen molar-refractivity contribution in [3.05, 3.63) is 41.7 Å². The molecule has 3 rings (SSSR count). The molecule has 1 aliphatic heterocycles. The largest absolute Gasteiger partial charge is 0.368 e. The molecular weight excluding hydrogens is 314 g/mol. The monoisotopic (exact) mass is 341 g/mol. The number of para-hydroxylation sites is 1. The molecule has 6 heteroatoms. The SMILES string of the molecule is Cc1ccccc1N1CCN(C(=O)Nc2cn(C)nc2C(C)C)CC1. The lowest BCUT2D eigenvalue weighted by atomic mass is 10.1. The molecular formula is C19H27N5O. The molecule has 0 atom stereocenters. The number of hydrogen-bond donors (Lipinski definition) is 1. The van der Waals surface area contributed by atoms with Gasteiger partial charge in [0.15, 0.2) is 0 Å². The Hall–Kier alpha value is -2.50. The van der Waals surface area contributed by atoms with E-state index in [2.05, 4.69) is 60.4 Å². The summed E-state index contributed by atoms with van der Waals surface area (Å²) in [5.41, 5.74) is 4.27. The van der Waals surface area contributed by atoms with E-state index in [4.69, 9.17) is 0 Å². The topological polar surface area (TPSA) is 53.4 Å². The van der Waals surface area contributed by atoms with E-state index >= 15 is 0 Å². The number of amides is 2. The molecule has 0 aliphatic carbocycles. The predicted octanol–water partition coefficient (Wildman–Crippen LogP) is 3.21. The molecule has 0 unspecified atom stereocenters. The van der Waals surface area contributed by atoms with Crippen LogP contribution < -0.4 is 10.2 Å². The Morgan fingerprint density at radius 3 is 2.48 bits per heavy atom. The van der Waals surface area contributed by atoms with Gasteiger partial charge in [-0.1, -0.05) is 32.0 Å². The number of hydrogen-bond acceptors (Lipinski definition) is 3. The van der Waals surface area contributed by atoms with Crippen molar-refractivity contribution in [1.82, 2.24) is 14.7 Å². The molecule has 0 spiro atoms. The molecule has 0 saturated carbocycles. The highest BCUT2D eigenvalue weighted by Gasteiger charge is 2.23. The Morgan fingerprint density at radius 2 is 1.84 bits per heavy atom. The summed E-state index contributed by atoms with van der Waals surface area (Å²) in [5.74, 6) is 0.273. The summed E-state index contributed by atoms with van der Waals surface area (Å²) in [6.45, 7) is 9.43. The summed E-state index contributed by atoms with van der Waals surface area (Å²) in [6, 6.07) is 8.36. The molecule has 1 N–H and O–H groups in total. The van der Waals surface area contributed by atoms with Gasteiger partial charge in [-0.2, -0.15) is 5.10 Å². The Morgan fingerprint density at radius 1 is 1.16 bits per heavy atom. The van der Waals surface area contributed by atoms with Gasteiger partial charge in [-0.05, 0) is 24.5 Å². The number of benzene rings is 1. The molecule has 1 aliphatic rings. The van der Waals surface area contributed by atoms with Gasteiger partial charge in [0, 0.05) is 45.1 Å². The molecule has 6 nitrogen and oxygen atoms in total. The second-order valence-corrected chi connectivity index (χ2v) is 6.95. The van der Waals surface area contributed by atoms with Crippen LogP contribution in [0.25, 0.3) is 0 Å². The van der Waals surface area contributed by atoms with Crippen molar-refractivity contribution < 1.29 is 4.79 Å². The van der Waals surface area contributed by atoms with Crippen molar-refractivity contribution >= 4 is 17.4 Å². The first-order valence-corrected chi connectivity index (χ1v) is 8.85. The van der Waals surface area contributed by atoms with Gasteiger partial charge < -0.3 is 15.1 Å². The van der Waals surface area contributed by atoms with Crippen LogP contribution in [0.1, 0.15) is 31.0 Å². The van der Waals surface area contributed by atoms with Crippen molar-refractivity contribution in [2.75, 3.05) is 36.4 Å². The van der Waals surface area contributed by atoms with Crippen molar-refractivity contribution in [2.24, 2.45) is 7.05 Å². The molecule has 25 heavy (non-hydrogen) atoms. The highest BCUT2D eigenvalue weighted by atomic mass is 16.2. The number of carbonyl (C=O) groups excluding carboxylic acids is 1. The number of aryl methyl sites for hydroxylation is 2. The maximum absolute atomic E-state index is 12.6. The summed E-state index contributed by atoms with van der Waals surface area (Å²) < 4.78 is 1.75. The van der Waals surface area contributed by atoms with E-state index in [1.165, 1.54) is 11.3 Å². The number of rotatable bonds is 3. The number of carbonyl (C=O) groups is 1. The van der Waals surface area contributed by atoms with Crippen LogP contribution >= 0.6 is 0 Å². The number of nitrogens with zero attached hydrogens (tertiary/aromatic N) is 4. The molecule has 1 aromatic carbocycles. The number of nitrogens with one attached hydrogen (secondary N) is 1. The minimum absolute atomic E-state index is 0.0423. The molecule has 1 aromatic heterocycles. The standard InChI is InChI=1S/C19H27N5O/c1-14(2)18-16(13-22(4)21-18)20-19(25)24-11-9-23(10-12-24)17-8-6-5-7-15(17)3/h5-8,13-14H,9-12H2,1-4H3,(H,20,25). The predicted molar refractivity (Wildman–Crippen MR) is 101 cm³/mol. The third kappa shape index (κ3) is 3.78. The van der Waals surface area contributed by atoms with Crippen molar-refractivity contribution in [1.29, 1.82) is 0 Å². The molecule has 0 radical (unpaired) electrons. The fraction of sp³-hybridized carbons (Fsp3) is 0.474. The molecule has 0 bridgehead atoms. The smallest absolute Gasteiger partial charge is 0.322 e. The fourth-order valence-electron chi connectivity index (χ4n) is 3.29. The Balaban J connectivity index is 1.62. The molecule has 134 valence electrons. The average molecular weight is 341 g/mol. The highest BCUT2D eigenvalue weighted by molar-refractivity contribution is 5.90. The van der Waals surface area contributed by atoms with Gasteiger partial charge in [0.1, 0.15) is 0 Å². The van der Waals surface area contributed by atoms with Gasteiger partial charge in [-0.3, -0.25) is 4.68 Å². The highest BCUT2D eigenvalue weighted by Crippen LogP contribution is 2.24. The van der Waals surface area contributed by atoms with Gasteiger partial charge in [0.2, 0.25) is 0 Å². The van der Waals surface area contributed by atoms with Gasteiger partial charge in [0.25, 0.3) is 0 Å². The van der Waals surface area contributed by atoms with E-state index in [9.17, 15) is 4.79 Å². The third-order valence-corrected chi connectivity index (χ3v) is 4.67. The van der Waals surface area contributed by atoms with Gasteiger partial charge in [-0.25, -0.2) is 4.79 Å². The van der Waals surface area contributed by atoms with Crippen LogP contribution in [-0.4, -0.2) is 46.9 Å². The molecule has 1 fully saturated rings. The summed E-state index contributed by atoms with van der Waals surface area (Å²) in [7, 11) is 1.88. The van der Waals surface area contributed by atoms with Crippen LogP contribution in [0.2, 0.25) is 0 Å². The maximum atomic E-state index is 12.6. The number of piperazine rings is 1. The van der Waals surface area contributed by atoms with Crippen molar-refractivity contribution in [3.8, 4) is 0 Å². The first-order chi connectivity index (χ1) is 12.0. The van der Waals surface area contributed by atoms with Crippen LogP contribution in [-0.2, 0) is 7.05 Å². The van der Waals surface area contributed by atoms with Crippen LogP contribution in [0.5, 0.6) is 0 Å². The van der Waals surface area contributed by atoms with E-state index < -0.39 is 0 Å². The zero-order valence-corrected chi connectivity index (χ0v) is 15.5. The quantitative estimate of drug-likeness (QED) is 0.933. The summed E-state index contributed by atoms with van der Waals surface area (Å²) in [5, 5.41) is 7.48. The molecule has 2 aromatic rings. The number of anilines is 2. The Kier molecular flexibility index (Phi) is 4.97. The third-order valence-electron chi connectivity index (χ3n) is 4.67. The van der Waals surface area contributed by atoms with E-state index in [-0.39, 0.29) is 11.9 Å². The van der Waals surface area contributed by atoms with Crippen molar-refractivity contribution in [2.45, 2.75) is 26.7 Å². The first-order valence-electron chi connectivity index (χ1n) is 8.85. The van der Waals surface area contributed by atoms with E-state index in [1.54, 1.807) is 4.68 Å². The zero-order valence-electron chi connectivity index (χ0n) is 15.5. The Labute approximate surface area is 149 Å². The fourth-order valence-corrected chi connectivity index (χ4v) is 3.29.